The molecule has 1 aromatic heterocycles. The lowest BCUT2D eigenvalue weighted by molar-refractivity contribution is 0.0818. The number of rotatable bonds is 4. The van der Waals surface area contributed by atoms with Crippen molar-refractivity contribution in [3.8, 4) is 11.4 Å². The molecule has 162 valence electrons. The topological polar surface area (TPSA) is 80.7 Å². The van der Waals surface area contributed by atoms with Gasteiger partial charge in [0.05, 0.1) is 17.8 Å². The summed E-state index contributed by atoms with van der Waals surface area (Å²) in [5.74, 6) is 0.417. The number of aliphatic hydroxyl groups is 1. The van der Waals surface area contributed by atoms with Gasteiger partial charge in [-0.25, -0.2) is 4.79 Å². The highest BCUT2D eigenvalue weighted by Gasteiger charge is 2.41. The van der Waals surface area contributed by atoms with Gasteiger partial charge in [0.15, 0.2) is 0 Å². The summed E-state index contributed by atoms with van der Waals surface area (Å²) in [6.45, 7) is 3.04. The van der Waals surface area contributed by atoms with Gasteiger partial charge in [-0.15, -0.1) is 5.10 Å². The fraction of sp³-hybridized carbons (Fsp3) is 0.364. The molecule has 3 aromatic rings. The molecule has 1 aliphatic heterocycles. The average Bonchev–Trinajstić information content (AvgIpc) is 3.40. The van der Waals surface area contributed by atoms with Crippen LogP contribution in [0.25, 0.3) is 5.69 Å². The highest BCUT2D eigenvalue weighted by Crippen LogP contribution is 2.43. The third kappa shape index (κ3) is 3.87. The Morgan fingerprint density at radius 1 is 1.23 bits per heavy atom. The number of aryl methyl sites for hydroxylation is 1. The number of hydrogen-bond donors (Lipinski definition) is 1. The van der Waals surface area contributed by atoms with Gasteiger partial charge >= 0.3 is 5.76 Å². The number of nitrogens with zero attached hydrogens (tertiary/aromatic N) is 3. The molecular weight excluding hydrogens is 441 g/mol. The number of hydrogen-bond acceptors (Lipinski definition) is 6. The SMILES string of the molecule is Cc1nn(-c2ccc(O[C@H]3c4cc(Cl)cc(Cl)c4C[C@@H]3N3CCC(O)C3)cc2)c(=O)o1. The van der Waals surface area contributed by atoms with Crippen molar-refractivity contribution in [2.75, 3.05) is 13.1 Å². The molecule has 2 aromatic carbocycles. The Hall–Kier alpha value is -2.32. The predicted molar refractivity (Wildman–Crippen MR) is 116 cm³/mol. The quantitative estimate of drug-likeness (QED) is 0.639. The number of aromatic nitrogens is 2. The monoisotopic (exact) mass is 461 g/mol. The minimum absolute atomic E-state index is 0.0450. The second-order valence-electron chi connectivity index (χ2n) is 8.00. The molecule has 0 spiro atoms. The zero-order valence-corrected chi connectivity index (χ0v) is 18.3. The third-order valence-corrected chi connectivity index (χ3v) is 6.48. The van der Waals surface area contributed by atoms with E-state index in [0.29, 0.717) is 33.9 Å². The van der Waals surface area contributed by atoms with E-state index >= 15 is 0 Å². The molecule has 2 heterocycles. The van der Waals surface area contributed by atoms with E-state index in [1.54, 1.807) is 37.3 Å². The van der Waals surface area contributed by atoms with Gasteiger partial charge in [-0.05, 0) is 54.8 Å². The van der Waals surface area contributed by atoms with E-state index in [9.17, 15) is 9.90 Å². The zero-order valence-electron chi connectivity index (χ0n) is 16.8. The molecule has 0 amide bonds. The molecule has 0 saturated carbocycles. The maximum absolute atomic E-state index is 11.9. The first kappa shape index (κ1) is 20.6. The zero-order chi connectivity index (χ0) is 21.7. The highest BCUT2D eigenvalue weighted by atomic mass is 35.5. The van der Waals surface area contributed by atoms with E-state index in [-0.39, 0.29) is 18.2 Å². The molecule has 1 fully saturated rings. The van der Waals surface area contributed by atoms with Gasteiger partial charge in [0.1, 0.15) is 11.9 Å². The fourth-order valence-corrected chi connectivity index (χ4v) is 5.08. The van der Waals surface area contributed by atoms with Crippen LogP contribution in [0.3, 0.4) is 0 Å². The van der Waals surface area contributed by atoms with Gasteiger partial charge in [-0.2, -0.15) is 4.68 Å². The summed E-state index contributed by atoms with van der Waals surface area (Å²) in [5.41, 5.74) is 2.59. The number of aliphatic hydroxyl groups excluding tert-OH is 1. The molecule has 1 saturated heterocycles. The van der Waals surface area contributed by atoms with Crippen molar-refractivity contribution in [3.05, 3.63) is 74.0 Å². The number of fused-ring (bicyclic) bond motifs is 1. The van der Waals surface area contributed by atoms with Crippen LogP contribution in [0.4, 0.5) is 0 Å². The highest BCUT2D eigenvalue weighted by molar-refractivity contribution is 6.35. The molecule has 0 radical (unpaired) electrons. The predicted octanol–water partition coefficient (Wildman–Crippen LogP) is 3.55. The Bertz CT molecular complexity index is 1170. The number of ether oxygens (including phenoxy) is 1. The molecule has 5 rings (SSSR count). The normalized spacial score (nSPS) is 23.3. The van der Waals surface area contributed by atoms with Gasteiger partial charge in [0.25, 0.3) is 0 Å². The average molecular weight is 462 g/mol. The number of β-amino-alcohol motifs (C(OH)–C–C–N with tert-alkyl or cyclic N) is 1. The molecule has 1 aliphatic carbocycles. The maximum atomic E-state index is 11.9. The molecule has 1 N–H and O–H groups in total. The van der Waals surface area contributed by atoms with E-state index in [1.807, 2.05) is 6.07 Å². The third-order valence-electron chi connectivity index (χ3n) is 5.92. The Morgan fingerprint density at radius 2 is 2.00 bits per heavy atom. The van der Waals surface area contributed by atoms with E-state index in [1.165, 1.54) is 4.68 Å². The molecule has 31 heavy (non-hydrogen) atoms. The van der Waals surface area contributed by atoms with Crippen LogP contribution in [0.5, 0.6) is 5.75 Å². The second-order valence-corrected chi connectivity index (χ2v) is 8.84. The van der Waals surface area contributed by atoms with Crippen LogP contribution in [0, 0.1) is 6.92 Å². The molecule has 2 aliphatic rings. The van der Waals surface area contributed by atoms with E-state index < -0.39 is 5.76 Å². The largest absolute Gasteiger partial charge is 0.484 e. The summed E-state index contributed by atoms with van der Waals surface area (Å²) >= 11 is 12.8. The lowest BCUT2D eigenvalue weighted by Crippen LogP contribution is -2.39. The molecule has 7 nitrogen and oxygen atoms in total. The fourth-order valence-electron chi connectivity index (χ4n) is 4.50. The minimum atomic E-state index is -0.534. The van der Waals surface area contributed by atoms with Crippen molar-refractivity contribution in [1.82, 2.24) is 14.7 Å². The lowest BCUT2D eigenvalue weighted by atomic mass is 10.1. The van der Waals surface area contributed by atoms with Crippen LogP contribution < -0.4 is 10.5 Å². The van der Waals surface area contributed by atoms with Gasteiger partial charge in [0.2, 0.25) is 5.89 Å². The molecule has 0 bridgehead atoms. The summed E-state index contributed by atoms with van der Waals surface area (Å²) in [4.78, 5) is 14.1. The number of likely N-dealkylation sites (tertiary alicyclic amines) is 1. The van der Waals surface area contributed by atoms with Gasteiger partial charge < -0.3 is 14.3 Å². The molecule has 9 heteroatoms. The molecular formula is C22H21Cl2N3O4. The summed E-state index contributed by atoms with van der Waals surface area (Å²) in [6, 6.07) is 10.8. The van der Waals surface area contributed by atoms with Gasteiger partial charge in [-0.3, -0.25) is 4.90 Å². The lowest BCUT2D eigenvalue weighted by Gasteiger charge is -2.30. The van der Waals surface area contributed by atoms with Crippen LogP contribution in [-0.4, -0.2) is 45.0 Å². The van der Waals surface area contributed by atoms with Crippen LogP contribution in [0.1, 0.15) is 29.5 Å². The van der Waals surface area contributed by atoms with Crippen molar-refractivity contribution < 1.29 is 14.3 Å². The second kappa shape index (κ2) is 7.98. The standard InChI is InChI=1S/C22H21Cl2N3O4/c1-12-25-27(22(29)30-12)14-2-4-16(5-3-14)31-21-18-8-13(23)9-19(24)17(18)10-20(21)26-7-6-15(28)11-26/h2-5,8-9,15,20-21,28H,6-7,10-11H2,1H3/t15?,20-,21-/m0/s1. The van der Waals surface area contributed by atoms with Crippen LogP contribution in [0.2, 0.25) is 10.0 Å². The summed E-state index contributed by atoms with van der Waals surface area (Å²) in [7, 11) is 0. The van der Waals surface area contributed by atoms with Crippen molar-refractivity contribution in [2.45, 2.75) is 38.0 Å². The Balaban J connectivity index is 1.45. The first-order valence-corrected chi connectivity index (χ1v) is 10.9. The van der Waals surface area contributed by atoms with Gasteiger partial charge in [0, 0.05) is 35.6 Å². The summed E-state index contributed by atoms with van der Waals surface area (Å²) in [6.07, 6.45) is 0.870. The van der Waals surface area contributed by atoms with Crippen molar-refractivity contribution in [3.63, 3.8) is 0 Å². The van der Waals surface area contributed by atoms with Gasteiger partial charge in [-0.1, -0.05) is 23.2 Å². The van der Waals surface area contributed by atoms with Crippen LogP contribution in [-0.2, 0) is 6.42 Å². The van der Waals surface area contributed by atoms with E-state index in [0.717, 1.165) is 30.5 Å². The van der Waals surface area contributed by atoms with Crippen molar-refractivity contribution >= 4 is 23.2 Å². The van der Waals surface area contributed by atoms with Crippen LogP contribution in [0.15, 0.2) is 45.6 Å². The maximum Gasteiger partial charge on any atom is 0.441 e. The molecule has 3 atom stereocenters. The number of halogens is 2. The minimum Gasteiger partial charge on any atom is -0.484 e. The Labute approximate surface area is 188 Å². The van der Waals surface area contributed by atoms with Crippen LogP contribution >= 0.6 is 23.2 Å². The van der Waals surface area contributed by atoms with Crippen molar-refractivity contribution in [2.24, 2.45) is 0 Å². The molecule has 1 unspecified atom stereocenters. The number of benzene rings is 2. The Morgan fingerprint density at radius 3 is 2.65 bits per heavy atom. The van der Waals surface area contributed by atoms with Crippen molar-refractivity contribution in [1.29, 1.82) is 0 Å². The first-order chi connectivity index (χ1) is 14.9. The summed E-state index contributed by atoms with van der Waals surface area (Å²) < 4.78 is 12.6. The summed E-state index contributed by atoms with van der Waals surface area (Å²) in [5, 5.41) is 15.3. The smallest absolute Gasteiger partial charge is 0.441 e. The van der Waals surface area contributed by atoms with E-state index in [2.05, 4.69) is 10.00 Å². The Kier molecular flexibility index (Phi) is 5.30. The van der Waals surface area contributed by atoms with E-state index in [4.69, 9.17) is 32.4 Å². The first-order valence-electron chi connectivity index (χ1n) is 10.1.